The maximum Gasteiger partial charge on any atom is 0.255 e. The molecule has 12 heteroatoms. The van der Waals surface area contributed by atoms with Gasteiger partial charge in [-0.05, 0) is 13.8 Å². The molecule has 124 valence electrons. The van der Waals surface area contributed by atoms with Crippen LogP contribution >= 0.6 is 0 Å². The summed E-state index contributed by atoms with van der Waals surface area (Å²) in [6.07, 6.45) is 4.28. The number of aryl methyl sites for hydroxylation is 2. The third-order valence-corrected chi connectivity index (χ3v) is 3.57. The number of hydrogen-bond acceptors (Lipinski definition) is 9. The summed E-state index contributed by atoms with van der Waals surface area (Å²) >= 11 is 0. The Morgan fingerprint density at radius 3 is 2.68 bits per heavy atom. The summed E-state index contributed by atoms with van der Waals surface area (Å²) < 4.78 is 3.05. The molecule has 0 saturated carbocycles. The third kappa shape index (κ3) is 2.30. The van der Waals surface area contributed by atoms with Gasteiger partial charge in [-0.15, -0.1) is 0 Å². The van der Waals surface area contributed by atoms with E-state index in [-0.39, 0.29) is 0 Å². The molecular weight excluding hydrogens is 324 g/mol. The van der Waals surface area contributed by atoms with E-state index in [2.05, 4.69) is 52.3 Å². The summed E-state index contributed by atoms with van der Waals surface area (Å²) in [4.78, 5) is 11.9. The highest BCUT2D eigenvalue weighted by molar-refractivity contribution is 5.72. The average molecular weight is 336 g/mol. The van der Waals surface area contributed by atoms with Crippen molar-refractivity contribution in [3.05, 3.63) is 35.9 Å². The Hall–Kier alpha value is -4.01. The summed E-state index contributed by atoms with van der Waals surface area (Å²) in [5.74, 6) is 0.701. The molecule has 0 aromatic carbocycles. The minimum Gasteiger partial charge on any atom is -0.294 e. The minimum atomic E-state index is 0.294. The van der Waals surface area contributed by atoms with Gasteiger partial charge in [0.25, 0.3) is 5.95 Å². The molecule has 4 heterocycles. The highest BCUT2D eigenvalue weighted by Crippen LogP contribution is 2.23. The summed E-state index contributed by atoms with van der Waals surface area (Å²) in [6.45, 7) is 3.59. The number of nitrogens with one attached hydrogen (secondary N) is 3. The lowest BCUT2D eigenvalue weighted by Gasteiger charge is -2.10. The zero-order valence-electron chi connectivity index (χ0n) is 13.3. The Morgan fingerprint density at radius 2 is 1.92 bits per heavy atom. The second kappa shape index (κ2) is 5.57. The largest absolute Gasteiger partial charge is 0.294 e. The van der Waals surface area contributed by atoms with Gasteiger partial charge < -0.3 is 0 Å². The third-order valence-electron chi connectivity index (χ3n) is 3.57. The van der Waals surface area contributed by atoms with Crippen molar-refractivity contribution in [2.24, 2.45) is 0 Å². The fraction of sp³-hybridized carbons (Fsp3) is 0.154. The number of anilines is 2. The number of fused-ring (bicyclic) bond motifs is 1. The highest BCUT2D eigenvalue weighted by Gasteiger charge is 2.19. The molecule has 0 atom stereocenters. The zero-order valence-corrected chi connectivity index (χ0v) is 13.3. The summed E-state index contributed by atoms with van der Waals surface area (Å²) in [5.41, 5.74) is 9.11. The SMILES string of the molecule is Cc1nn(-c2ncncn2)c(NNc2c(C)nn3cn[nH]c23)c1C#N. The van der Waals surface area contributed by atoms with Crippen LogP contribution in [0.3, 0.4) is 0 Å². The quantitative estimate of drug-likeness (QED) is 0.448. The molecule has 0 aliphatic carbocycles. The van der Waals surface area contributed by atoms with Crippen LogP contribution in [-0.2, 0) is 0 Å². The first kappa shape index (κ1) is 14.6. The van der Waals surface area contributed by atoms with Gasteiger partial charge in [0.2, 0.25) is 0 Å². The van der Waals surface area contributed by atoms with Crippen LogP contribution in [0.25, 0.3) is 11.6 Å². The Labute approximate surface area is 140 Å². The van der Waals surface area contributed by atoms with E-state index >= 15 is 0 Å². The van der Waals surface area contributed by atoms with E-state index < -0.39 is 0 Å². The van der Waals surface area contributed by atoms with Crippen molar-refractivity contribution >= 4 is 17.2 Å². The molecule has 4 aromatic rings. The number of rotatable bonds is 4. The van der Waals surface area contributed by atoms with Gasteiger partial charge in [0.05, 0.1) is 11.4 Å². The number of H-pyrrole nitrogens is 1. The van der Waals surface area contributed by atoms with Gasteiger partial charge in [0, 0.05) is 0 Å². The molecule has 3 N–H and O–H groups in total. The van der Waals surface area contributed by atoms with Crippen LogP contribution in [0.5, 0.6) is 0 Å². The fourth-order valence-corrected chi connectivity index (χ4v) is 2.42. The van der Waals surface area contributed by atoms with Gasteiger partial charge in [0.1, 0.15) is 36.3 Å². The number of nitrogens with zero attached hydrogens (tertiary/aromatic N) is 9. The summed E-state index contributed by atoms with van der Waals surface area (Å²) in [5, 5.41) is 24.9. The van der Waals surface area contributed by atoms with E-state index in [9.17, 15) is 5.26 Å². The molecule has 0 spiro atoms. The van der Waals surface area contributed by atoms with E-state index in [1.807, 2.05) is 6.92 Å². The van der Waals surface area contributed by atoms with Gasteiger partial charge in [-0.3, -0.25) is 16.0 Å². The van der Waals surface area contributed by atoms with E-state index in [1.165, 1.54) is 17.3 Å². The normalized spacial score (nSPS) is 10.8. The highest BCUT2D eigenvalue weighted by atomic mass is 15.5. The Balaban J connectivity index is 1.74. The molecule has 0 aliphatic heterocycles. The zero-order chi connectivity index (χ0) is 17.4. The number of nitriles is 1. The number of aromatic amines is 1. The smallest absolute Gasteiger partial charge is 0.255 e. The van der Waals surface area contributed by atoms with Crippen molar-refractivity contribution in [3.8, 4) is 12.0 Å². The molecule has 0 bridgehead atoms. The monoisotopic (exact) mass is 336 g/mol. The van der Waals surface area contributed by atoms with E-state index in [0.29, 0.717) is 34.4 Å². The lowest BCUT2D eigenvalue weighted by molar-refractivity contribution is 0.789. The Kier molecular flexibility index (Phi) is 3.24. The number of aromatic nitrogens is 9. The molecule has 4 aromatic heterocycles. The van der Waals surface area contributed by atoms with Gasteiger partial charge in [0.15, 0.2) is 11.5 Å². The first-order valence-electron chi connectivity index (χ1n) is 7.21. The lowest BCUT2D eigenvalue weighted by Crippen LogP contribution is -2.15. The molecule has 0 fully saturated rings. The van der Waals surface area contributed by atoms with Gasteiger partial charge in [-0.1, -0.05) is 0 Å². The van der Waals surface area contributed by atoms with E-state index in [1.54, 1.807) is 17.8 Å². The molecule has 25 heavy (non-hydrogen) atoms. The standard InChI is InChI=1S/C13H12N12/c1-7-9(3-14)11(25(23-7)13-16-4-15-5-17-13)21-19-10-8(2)22-24-6-18-20-12(10)24/h4-6,19-21H,1-2H3. The lowest BCUT2D eigenvalue weighted by atomic mass is 10.3. The van der Waals surface area contributed by atoms with E-state index in [0.717, 1.165) is 5.69 Å². The topological polar surface area (TPSA) is 150 Å². The van der Waals surface area contributed by atoms with Crippen molar-refractivity contribution in [1.29, 1.82) is 5.26 Å². The predicted octanol–water partition coefficient (Wildman–Crippen LogP) is 0.356. The van der Waals surface area contributed by atoms with Crippen LogP contribution in [0, 0.1) is 25.2 Å². The second-order valence-corrected chi connectivity index (χ2v) is 5.13. The van der Waals surface area contributed by atoms with Crippen molar-refractivity contribution in [3.63, 3.8) is 0 Å². The van der Waals surface area contributed by atoms with Crippen LogP contribution in [-0.4, -0.2) is 44.5 Å². The number of hydrazine groups is 1. The Morgan fingerprint density at radius 1 is 1.12 bits per heavy atom. The fourth-order valence-electron chi connectivity index (χ4n) is 2.42. The second-order valence-electron chi connectivity index (χ2n) is 5.13. The maximum absolute atomic E-state index is 9.45. The summed E-state index contributed by atoms with van der Waals surface area (Å²) in [6, 6.07) is 2.13. The molecule has 0 amide bonds. The number of hydrogen-bond donors (Lipinski definition) is 3. The molecule has 0 aliphatic rings. The van der Waals surface area contributed by atoms with Crippen LogP contribution in [0.4, 0.5) is 11.5 Å². The average Bonchev–Trinajstić information content (AvgIpc) is 3.27. The molecule has 4 rings (SSSR count). The first-order valence-corrected chi connectivity index (χ1v) is 7.21. The van der Waals surface area contributed by atoms with Gasteiger partial charge in [-0.2, -0.15) is 35.2 Å². The van der Waals surface area contributed by atoms with Crippen LogP contribution in [0.2, 0.25) is 0 Å². The molecule has 0 radical (unpaired) electrons. The first-order chi connectivity index (χ1) is 12.2. The van der Waals surface area contributed by atoms with Crippen molar-refractivity contribution in [2.75, 3.05) is 10.9 Å². The molecule has 0 saturated heterocycles. The van der Waals surface area contributed by atoms with Crippen molar-refractivity contribution in [1.82, 2.24) is 44.5 Å². The van der Waals surface area contributed by atoms with Gasteiger partial charge in [-0.25, -0.2) is 9.50 Å². The van der Waals surface area contributed by atoms with Crippen LogP contribution in [0.1, 0.15) is 17.0 Å². The van der Waals surface area contributed by atoms with Gasteiger partial charge >= 0.3 is 0 Å². The van der Waals surface area contributed by atoms with Crippen molar-refractivity contribution < 1.29 is 0 Å². The van der Waals surface area contributed by atoms with Crippen molar-refractivity contribution in [2.45, 2.75) is 13.8 Å². The molecule has 12 nitrogen and oxygen atoms in total. The molecule has 0 unspecified atom stereocenters. The Bertz CT molecular complexity index is 1080. The minimum absolute atomic E-state index is 0.294. The van der Waals surface area contributed by atoms with Crippen LogP contribution in [0.15, 0.2) is 19.0 Å². The predicted molar refractivity (Wildman–Crippen MR) is 85.7 cm³/mol. The molecular formula is C13H12N12. The van der Waals surface area contributed by atoms with Crippen LogP contribution < -0.4 is 10.9 Å². The summed E-state index contributed by atoms with van der Waals surface area (Å²) in [7, 11) is 0. The maximum atomic E-state index is 9.45. The van der Waals surface area contributed by atoms with E-state index in [4.69, 9.17) is 0 Å².